The van der Waals surface area contributed by atoms with Crippen molar-refractivity contribution in [3.63, 3.8) is 0 Å². The van der Waals surface area contributed by atoms with Crippen LogP contribution in [0.3, 0.4) is 0 Å². The molecule has 0 aromatic carbocycles. The number of aliphatic hydroxyl groups is 1. The molecule has 0 bridgehead atoms. The Balaban J connectivity index is 0.00000139. The van der Waals surface area contributed by atoms with E-state index < -0.39 is 14.5 Å². The predicted molar refractivity (Wildman–Crippen MR) is 103 cm³/mol. The van der Waals surface area contributed by atoms with Gasteiger partial charge in [-0.3, -0.25) is 0 Å². The van der Waals surface area contributed by atoms with Gasteiger partial charge in [0.05, 0.1) is 19.3 Å². The third-order valence-electron chi connectivity index (χ3n) is 3.02. The van der Waals surface area contributed by atoms with Crippen LogP contribution in [0.1, 0.15) is 52.0 Å². The molecule has 6 heteroatoms. The fourth-order valence-electron chi connectivity index (χ4n) is 2.04. The predicted octanol–water partition coefficient (Wildman–Crippen LogP) is 4.04. The first-order valence-electron chi connectivity index (χ1n) is 8.50. The normalized spacial score (nSPS) is 14.4. The van der Waals surface area contributed by atoms with Gasteiger partial charge in [-0.25, -0.2) is 0 Å². The van der Waals surface area contributed by atoms with Gasteiger partial charge in [0.2, 0.25) is 8.38 Å². The maximum absolute atomic E-state index is 9.71. The summed E-state index contributed by atoms with van der Waals surface area (Å²) in [6.45, 7) is 10.9. The second-order valence-electron chi connectivity index (χ2n) is 4.78. The smallest absolute Gasteiger partial charge is 0.211 e. The minimum Gasteiger partial charge on any atom is -0.485 e. The van der Waals surface area contributed by atoms with E-state index in [1.807, 2.05) is 39.8 Å². The lowest BCUT2D eigenvalue weighted by Crippen LogP contribution is -2.16. The minimum absolute atomic E-state index is 0.433. The molecule has 0 amide bonds. The second-order valence-corrected chi connectivity index (χ2v) is 7.33. The van der Waals surface area contributed by atoms with Crippen molar-refractivity contribution in [2.45, 2.75) is 47.1 Å². The van der Waals surface area contributed by atoms with Crippen molar-refractivity contribution >= 4 is 31.9 Å². The molecule has 0 fully saturated rings. The molecular weight excluding hydrogens is 343 g/mol. The molecule has 2 rings (SSSR count). The Morgan fingerprint density at radius 2 is 1.88 bits per heavy atom. The number of rotatable bonds is 8. The molecule has 1 aromatic heterocycles. The average Bonchev–Trinajstić information content (AvgIpc) is 2.88. The topological polar surface area (TPSA) is 47.9 Å². The van der Waals surface area contributed by atoms with Gasteiger partial charge >= 0.3 is 0 Å². The summed E-state index contributed by atoms with van der Waals surface area (Å²) in [7, 11) is -0.997. The van der Waals surface area contributed by atoms with Crippen LogP contribution in [0.2, 0.25) is 0 Å². The van der Waals surface area contributed by atoms with E-state index >= 15 is 0 Å². The molecule has 24 heavy (non-hydrogen) atoms. The highest BCUT2D eigenvalue weighted by atomic mass is 32.1. The van der Waals surface area contributed by atoms with Gasteiger partial charge in [-0.15, -0.1) is 11.3 Å². The van der Waals surface area contributed by atoms with Gasteiger partial charge in [-0.2, -0.15) is 0 Å². The van der Waals surface area contributed by atoms with Crippen molar-refractivity contribution in [3.05, 3.63) is 32.5 Å². The van der Waals surface area contributed by atoms with E-state index in [0.717, 1.165) is 22.3 Å². The minimum atomic E-state index is -0.997. The number of hydrogen-bond donors (Lipinski definition) is 1. The first-order valence-corrected chi connectivity index (χ1v) is 10.7. The molecule has 0 aliphatic heterocycles. The lowest BCUT2D eigenvalue weighted by atomic mass is 10.3. The molecule has 0 saturated heterocycles. The summed E-state index contributed by atoms with van der Waals surface area (Å²) in [5.74, 6) is 0.830. The van der Waals surface area contributed by atoms with Crippen LogP contribution < -0.4 is 9.75 Å². The Kier molecular flexibility index (Phi) is 10.5. The summed E-state index contributed by atoms with van der Waals surface area (Å²) in [6, 6.07) is 2.03. The van der Waals surface area contributed by atoms with Crippen LogP contribution in [0.4, 0.5) is 0 Å². The fourth-order valence-corrected chi connectivity index (χ4v) is 4.12. The molecule has 4 nitrogen and oxygen atoms in total. The highest BCUT2D eigenvalue weighted by Gasteiger charge is 2.11. The molecule has 0 radical (unpaired) electrons. The maximum atomic E-state index is 9.71. The zero-order chi connectivity index (χ0) is 17.9. The maximum Gasteiger partial charge on any atom is 0.211 e. The van der Waals surface area contributed by atoms with Gasteiger partial charge in [-0.1, -0.05) is 19.9 Å². The van der Waals surface area contributed by atoms with E-state index in [2.05, 4.69) is 12.2 Å². The van der Waals surface area contributed by atoms with Crippen LogP contribution >= 0.6 is 19.7 Å². The largest absolute Gasteiger partial charge is 0.485 e. The van der Waals surface area contributed by atoms with Crippen molar-refractivity contribution in [1.82, 2.24) is 0 Å². The van der Waals surface area contributed by atoms with Gasteiger partial charge in [-0.05, 0) is 50.6 Å². The van der Waals surface area contributed by atoms with Crippen LogP contribution in [0.15, 0.2) is 17.9 Å². The summed E-state index contributed by atoms with van der Waals surface area (Å²) in [5.41, 5.74) is 0. The lowest BCUT2D eigenvalue weighted by molar-refractivity contribution is 0.203. The van der Waals surface area contributed by atoms with Crippen molar-refractivity contribution in [2.75, 3.05) is 19.6 Å². The molecule has 1 heterocycles. The zero-order valence-electron chi connectivity index (χ0n) is 15.2. The zero-order valence-corrected chi connectivity index (χ0v) is 17.0. The van der Waals surface area contributed by atoms with E-state index in [9.17, 15) is 5.11 Å². The lowest BCUT2D eigenvalue weighted by Gasteiger charge is -2.16. The molecule has 0 spiro atoms. The van der Waals surface area contributed by atoms with Gasteiger partial charge < -0.3 is 18.9 Å². The Labute approximate surface area is 150 Å². The molecular formula is C18H29O4PS. The first kappa shape index (κ1) is 21.3. The number of fused-ring (bicyclic) bond motifs is 1. The van der Waals surface area contributed by atoms with Gasteiger partial charge in [0.15, 0.2) is 6.35 Å². The van der Waals surface area contributed by atoms with E-state index in [0.29, 0.717) is 19.6 Å². The number of allylic oxidation sites excluding steroid dienone is 2. The number of hydrogen-bond acceptors (Lipinski definition) is 5. The molecule has 0 saturated carbocycles. The highest BCUT2D eigenvalue weighted by Crippen LogP contribution is 2.38. The first-order chi connectivity index (χ1) is 11.6. The van der Waals surface area contributed by atoms with Gasteiger partial charge in [0.1, 0.15) is 5.76 Å². The van der Waals surface area contributed by atoms with E-state index in [-0.39, 0.29) is 0 Å². The van der Waals surface area contributed by atoms with Crippen LogP contribution in [0.5, 0.6) is 0 Å². The standard InChI is InChI=1S/C16H23O4PS.C2H6/c1-4-19-21(20-5-2)11-18-14-7-6-8-15-13(9-14)10-16(22-15)12(3)17;1-2/h7-10,12,17H,4-6,11H2,1-3H3;1-2H3. The number of ether oxygens (including phenoxy) is 1. The van der Waals surface area contributed by atoms with Crippen LogP contribution in [-0.2, 0) is 13.8 Å². The fraction of sp³-hybridized carbons (Fsp3) is 0.556. The summed E-state index contributed by atoms with van der Waals surface area (Å²) in [4.78, 5) is 0.977. The van der Waals surface area contributed by atoms with Gasteiger partial charge in [0, 0.05) is 9.41 Å². The van der Waals surface area contributed by atoms with Crippen LogP contribution in [0, 0.1) is 0 Å². The molecule has 1 aliphatic rings. The van der Waals surface area contributed by atoms with Gasteiger partial charge in [0.25, 0.3) is 0 Å². The van der Waals surface area contributed by atoms with Crippen LogP contribution in [0.25, 0.3) is 12.2 Å². The summed E-state index contributed by atoms with van der Waals surface area (Å²) in [5, 5.41) is 10.8. The van der Waals surface area contributed by atoms with E-state index in [4.69, 9.17) is 13.8 Å². The van der Waals surface area contributed by atoms with Crippen molar-refractivity contribution in [3.8, 4) is 0 Å². The number of thiophene rings is 1. The average molecular weight is 372 g/mol. The molecule has 1 atom stereocenters. The summed E-state index contributed by atoms with van der Waals surface area (Å²) < 4.78 is 18.1. The monoisotopic (exact) mass is 372 g/mol. The Hall–Kier alpha value is -0.710. The molecule has 1 aromatic rings. The Morgan fingerprint density at radius 3 is 2.46 bits per heavy atom. The van der Waals surface area contributed by atoms with Crippen molar-refractivity contribution in [1.29, 1.82) is 0 Å². The SMILES string of the molecule is CC.CCOP(COC1=CCC=c2sc(C(C)O)cc2=C1)OCC. The Bertz CT molecular complexity index is 615. The van der Waals surface area contributed by atoms with E-state index in [1.165, 1.54) is 4.53 Å². The van der Waals surface area contributed by atoms with Crippen molar-refractivity contribution in [2.24, 2.45) is 0 Å². The third kappa shape index (κ3) is 6.66. The third-order valence-corrected chi connectivity index (χ3v) is 5.77. The van der Waals surface area contributed by atoms with E-state index in [1.54, 1.807) is 18.3 Å². The Morgan fingerprint density at radius 1 is 1.21 bits per heavy atom. The summed E-state index contributed by atoms with van der Waals surface area (Å²) in [6.07, 6.45) is 7.05. The molecule has 136 valence electrons. The summed E-state index contributed by atoms with van der Waals surface area (Å²) >= 11 is 1.63. The number of aliphatic hydroxyl groups excluding tert-OH is 1. The molecule has 1 unspecified atom stereocenters. The molecule has 1 N–H and O–H groups in total. The van der Waals surface area contributed by atoms with Crippen LogP contribution in [-0.4, -0.2) is 24.7 Å². The van der Waals surface area contributed by atoms with Crippen molar-refractivity contribution < 1.29 is 18.9 Å². The quantitative estimate of drug-likeness (QED) is 0.700. The second kappa shape index (κ2) is 11.8. The highest BCUT2D eigenvalue weighted by molar-refractivity contribution is 7.47. The molecule has 1 aliphatic carbocycles.